The molecule has 0 spiro atoms. The Morgan fingerprint density at radius 3 is 2.37 bits per heavy atom. The summed E-state index contributed by atoms with van der Waals surface area (Å²) in [5.74, 6) is 1.18. The minimum atomic E-state index is -0.255. The third kappa shape index (κ3) is 5.54. The number of nitrogens with one attached hydrogen (secondary N) is 2. The van der Waals surface area contributed by atoms with Crippen molar-refractivity contribution < 1.29 is 9.53 Å². The lowest BCUT2D eigenvalue weighted by atomic mass is 10.1. The highest BCUT2D eigenvalue weighted by molar-refractivity contribution is 5.92. The first-order chi connectivity index (χ1) is 13.2. The number of carbonyl (C=O) groups is 1. The second-order valence-corrected chi connectivity index (χ2v) is 6.00. The lowest BCUT2D eigenvalue weighted by Gasteiger charge is -2.07. The highest BCUT2D eigenvalue weighted by Gasteiger charge is 2.08. The normalized spacial score (nSPS) is 10.3. The van der Waals surface area contributed by atoms with Gasteiger partial charge in [-0.05, 0) is 41.8 Å². The summed E-state index contributed by atoms with van der Waals surface area (Å²) < 4.78 is 5.12. The van der Waals surface area contributed by atoms with Crippen molar-refractivity contribution in [2.24, 2.45) is 0 Å². The van der Waals surface area contributed by atoms with E-state index in [4.69, 9.17) is 4.74 Å². The maximum Gasteiger partial charge on any atom is 0.272 e. The molecule has 0 atom stereocenters. The van der Waals surface area contributed by atoms with Crippen molar-refractivity contribution in [1.29, 1.82) is 0 Å². The van der Waals surface area contributed by atoms with Crippen LogP contribution in [0.1, 0.15) is 21.6 Å². The summed E-state index contributed by atoms with van der Waals surface area (Å²) in [7, 11) is 1.62. The fourth-order valence-corrected chi connectivity index (χ4v) is 2.54. The van der Waals surface area contributed by atoms with Gasteiger partial charge in [0.2, 0.25) is 0 Å². The highest BCUT2D eigenvalue weighted by Crippen LogP contribution is 2.11. The summed E-state index contributed by atoms with van der Waals surface area (Å²) in [4.78, 5) is 12.2. The van der Waals surface area contributed by atoms with Crippen LogP contribution in [-0.2, 0) is 13.0 Å². The van der Waals surface area contributed by atoms with E-state index >= 15 is 0 Å². The number of hydrogen-bond acceptors (Lipinski definition) is 5. The van der Waals surface area contributed by atoms with Crippen molar-refractivity contribution in [3.8, 4) is 5.75 Å². The molecule has 3 aromatic rings. The zero-order valence-electron chi connectivity index (χ0n) is 15.2. The molecular formula is C21H22N4O2. The van der Waals surface area contributed by atoms with Gasteiger partial charge in [0, 0.05) is 13.1 Å². The number of amides is 1. The van der Waals surface area contributed by atoms with E-state index in [0.717, 1.165) is 24.3 Å². The number of nitrogens with zero attached hydrogens (tertiary/aromatic N) is 2. The summed E-state index contributed by atoms with van der Waals surface area (Å²) in [6.07, 6.45) is 0.895. The molecule has 0 radical (unpaired) electrons. The number of rotatable bonds is 8. The second-order valence-electron chi connectivity index (χ2n) is 6.00. The first-order valence-electron chi connectivity index (χ1n) is 8.77. The van der Waals surface area contributed by atoms with Crippen LogP contribution in [0.3, 0.4) is 0 Å². The summed E-state index contributed by atoms with van der Waals surface area (Å²) >= 11 is 0. The molecular weight excluding hydrogens is 340 g/mol. The van der Waals surface area contributed by atoms with Crippen LogP contribution < -0.4 is 15.4 Å². The van der Waals surface area contributed by atoms with Crippen LogP contribution in [0.15, 0.2) is 66.7 Å². The zero-order chi connectivity index (χ0) is 18.9. The van der Waals surface area contributed by atoms with E-state index in [1.165, 1.54) is 5.56 Å². The molecule has 1 aromatic heterocycles. The van der Waals surface area contributed by atoms with Gasteiger partial charge in [0.15, 0.2) is 5.69 Å². The van der Waals surface area contributed by atoms with Gasteiger partial charge in [-0.1, -0.05) is 42.5 Å². The van der Waals surface area contributed by atoms with E-state index in [9.17, 15) is 4.79 Å². The lowest BCUT2D eigenvalue weighted by Crippen LogP contribution is -2.24. The maximum atomic E-state index is 12.2. The molecule has 2 N–H and O–H groups in total. The lowest BCUT2D eigenvalue weighted by molar-refractivity contribution is 0.0945. The third-order valence-corrected chi connectivity index (χ3v) is 4.07. The van der Waals surface area contributed by atoms with Gasteiger partial charge >= 0.3 is 0 Å². The standard InChI is InChI=1S/C21H22N4O2/c1-27-18-9-7-17(8-10-18)15-23-21(26)19-11-12-20(25-24-19)22-14-13-16-5-3-2-4-6-16/h2-12H,13-15H2,1H3,(H,22,25)(H,23,26). The average molecular weight is 362 g/mol. The molecule has 1 heterocycles. The maximum absolute atomic E-state index is 12.2. The van der Waals surface area contributed by atoms with E-state index in [2.05, 4.69) is 33.0 Å². The van der Waals surface area contributed by atoms with Gasteiger partial charge in [0.05, 0.1) is 7.11 Å². The van der Waals surface area contributed by atoms with Crippen LogP contribution in [0, 0.1) is 0 Å². The topological polar surface area (TPSA) is 76.1 Å². The number of benzene rings is 2. The van der Waals surface area contributed by atoms with Crippen LogP contribution in [0.4, 0.5) is 5.82 Å². The van der Waals surface area contributed by atoms with Gasteiger partial charge in [0.1, 0.15) is 11.6 Å². The monoisotopic (exact) mass is 362 g/mol. The van der Waals surface area contributed by atoms with Crippen LogP contribution in [0.2, 0.25) is 0 Å². The SMILES string of the molecule is COc1ccc(CNC(=O)c2ccc(NCCc3ccccc3)nn2)cc1. The van der Waals surface area contributed by atoms with Gasteiger partial charge in [0.25, 0.3) is 5.91 Å². The Hall–Kier alpha value is -3.41. The highest BCUT2D eigenvalue weighted by atomic mass is 16.5. The third-order valence-electron chi connectivity index (χ3n) is 4.07. The molecule has 6 heteroatoms. The van der Waals surface area contributed by atoms with Crippen molar-refractivity contribution >= 4 is 11.7 Å². The largest absolute Gasteiger partial charge is 0.497 e. The van der Waals surface area contributed by atoms with Crippen molar-refractivity contribution in [2.75, 3.05) is 19.0 Å². The summed E-state index contributed by atoms with van der Waals surface area (Å²) in [5, 5.41) is 14.1. The number of hydrogen-bond donors (Lipinski definition) is 2. The van der Waals surface area contributed by atoms with E-state index < -0.39 is 0 Å². The van der Waals surface area contributed by atoms with Crippen molar-refractivity contribution in [1.82, 2.24) is 15.5 Å². The Kier molecular flexibility index (Phi) is 6.35. The first kappa shape index (κ1) is 18.4. The van der Waals surface area contributed by atoms with Crippen LogP contribution in [-0.4, -0.2) is 29.8 Å². The van der Waals surface area contributed by atoms with E-state index in [1.807, 2.05) is 42.5 Å². The molecule has 27 heavy (non-hydrogen) atoms. The molecule has 138 valence electrons. The summed E-state index contributed by atoms with van der Waals surface area (Å²) in [6, 6.07) is 21.2. The van der Waals surface area contributed by atoms with Gasteiger partial charge in [-0.3, -0.25) is 4.79 Å². The fraction of sp³-hybridized carbons (Fsp3) is 0.190. The van der Waals surface area contributed by atoms with Gasteiger partial charge in [-0.15, -0.1) is 10.2 Å². The van der Waals surface area contributed by atoms with Crippen molar-refractivity contribution in [3.63, 3.8) is 0 Å². The van der Waals surface area contributed by atoms with Crippen LogP contribution >= 0.6 is 0 Å². The number of methoxy groups -OCH3 is 1. The molecule has 0 unspecified atom stereocenters. The molecule has 0 aliphatic heterocycles. The fourth-order valence-electron chi connectivity index (χ4n) is 2.54. The number of carbonyl (C=O) groups excluding carboxylic acids is 1. The number of anilines is 1. The minimum absolute atomic E-state index is 0.255. The van der Waals surface area contributed by atoms with Crippen molar-refractivity contribution in [2.45, 2.75) is 13.0 Å². The van der Waals surface area contributed by atoms with E-state index in [0.29, 0.717) is 12.4 Å². The van der Waals surface area contributed by atoms with Gasteiger partial charge in [-0.2, -0.15) is 0 Å². The molecule has 2 aromatic carbocycles. The smallest absolute Gasteiger partial charge is 0.272 e. The molecule has 1 amide bonds. The summed E-state index contributed by atoms with van der Waals surface area (Å²) in [5.41, 5.74) is 2.53. The average Bonchev–Trinajstić information content (AvgIpc) is 2.73. The van der Waals surface area contributed by atoms with Gasteiger partial charge in [-0.25, -0.2) is 0 Å². The van der Waals surface area contributed by atoms with Crippen molar-refractivity contribution in [3.05, 3.63) is 83.6 Å². The molecule has 3 rings (SSSR count). The minimum Gasteiger partial charge on any atom is -0.497 e. The Labute approximate surface area is 158 Å². The number of ether oxygens (including phenoxy) is 1. The first-order valence-corrected chi connectivity index (χ1v) is 8.77. The molecule has 0 aliphatic rings. The van der Waals surface area contributed by atoms with Gasteiger partial charge < -0.3 is 15.4 Å². The molecule has 0 fully saturated rings. The summed E-state index contributed by atoms with van der Waals surface area (Å²) in [6.45, 7) is 1.17. The zero-order valence-corrected chi connectivity index (χ0v) is 15.2. The molecule has 0 aliphatic carbocycles. The molecule has 0 saturated carbocycles. The Morgan fingerprint density at radius 1 is 0.926 bits per heavy atom. The van der Waals surface area contributed by atoms with Crippen LogP contribution in [0.5, 0.6) is 5.75 Å². The Balaban J connectivity index is 1.46. The quantitative estimate of drug-likeness (QED) is 0.644. The Bertz CT molecular complexity index is 850. The predicted octanol–water partition coefficient (Wildman–Crippen LogP) is 3.07. The van der Waals surface area contributed by atoms with E-state index in [-0.39, 0.29) is 11.6 Å². The van der Waals surface area contributed by atoms with E-state index in [1.54, 1.807) is 19.2 Å². The second kappa shape index (κ2) is 9.33. The van der Waals surface area contributed by atoms with Crippen LogP contribution in [0.25, 0.3) is 0 Å². The Morgan fingerprint density at radius 2 is 1.70 bits per heavy atom. The molecule has 0 saturated heterocycles. The molecule has 0 bridgehead atoms. The predicted molar refractivity (Wildman–Crippen MR) is 105 cm³/mol. The number of aromatic nitrogens is 2. The molecule has 6 nitrogen and oxygen atoms in total.